The maximum Gasteiger partial charge on any atom is 0.267 e. The van der Waals surface area contributed by atoms with E-state index < -0.39 is 0 Å². The lowest BCUT2D eigenvalue weighted by atomic mass is 10.2. The average molecular weight is 390 g/mol. The molecular formula is C23H26N4O2. The van der Waals surface area contributed by atoms with Gasteiger partial charge >= 0.3 is 0 Å². The number of amides is 2. The highest BCUT2D eigenvalue weighted by atomic mass is 16.2. The predicted octanol–water partition coefficient (Wildman–Crippen LogP) is 3.77. The van der Waals surface area contributed by atoms with E-state index in [0.29, 0.717) is 18.7 Å². The van der Waals surface area contributed by atoms with Crippen molar-refractivity contribution in [3.05, 3.63) is 60.0 Å². The summed E-state index contributed by atoms with van der Waals surface area (Å²) in [5.74, 6) is 0.162. The van der Waals surface area contributed by atoms with Crippen LogP contribution in [0, 0.1) is 5.92 Å². The second kappa shape index (κ2) is 8.47. The van der Waals surface area contributed by atoms with Gasteiger partial charge in [-0.15, -0.1) is 0 Å². The summed E-state index contributed by atoms with van der Waals surface area (Å²) >= 11 is 0. The molecule has 0 saturated heterocycles. The molecule has 2 heterocycles. The van der Waals surface area contributed by atoms with Crippen LogP contribution < -0.4 is 10.6 Å². The molecule has 1 aliphatic carbocycles. The van der Waals surface area contributed by atoms with Crippen LogP contribution in [-0.2, 0) is 17.8 Å². The summed E-state index contributed by atoms with van der Waals surface area (Å²) in [5.41, 5.74) is 3.39. The number of nitrogens with one attached hydrogen (secondary N) is 2. The highest BCUT2D eigenvalue weighted by Gasteiger charge is 2.29. The van der Waals surface area contributed by atoms with E-state index in [2.05, 4.69) is 27.1 Å². The Bertz CT molecular complexity index is 1020. The molecule has 1 aliphatic rings. The van der Waals surface area contributed by atoms with Crippen LogP contribution in [0.25, 0.3) is 10.9 Å². The van der Waals surface area contributed by atoms with Crippen LogP contribution in [0.4, 0.5) is 5.69 Å². The monoisotopic (exact) mass is 390 g/mol. The Hall–Kier alpha value is -3.15. The van der Waals surface area contributed by atoms with Crippen LogP contribution in [0.15, 0.2) is 48.7 Å². The molecule has 2 amide bonds. The summed E-state index contributed by atoms with van der Waals surface area (Å²) in [4.78, 5) is 29.2. The number of benzene rings is 1. The number of anilines is 1. The number of aryl methyl sites for hydroxylation is 1. The van der Waals surface area contributed by atoms with Gasteiger partial charge in [-0.2, -0.15) is 0 Å². The van der Waals surface area contributed by atoms with E-state index in [1.807, 2.05) is 42.5 Å². The molecule has 4 rings (SSSR count). The van der Waals surface area contributed by atoms with Crippen LogP contribution in [0.5, 0.6) is 0 Å². The van der Waals surface area contributed by atoms with Gasteiger partial charge in [-0.1, -0.05) is 13.0 Å². The zero-order valence-electron chi connectivity index (χ0n) is 16.6. The first kappa shape index (κ1) is 19.2. The van der Waals surface area contributed by atoms with Crippen molar-refractivity contribution in [3.8, 4) is 0 Å². The molecule has 6 nitrogen and oxygen atoms in total. The van der Waals surface area contributed by atoms with Crippen molar-refractivity contribution in [3.63, 3.8) is 0 Å². The third-order valence-corrected chi connectivity index (χ3v) is 5.19. The fourth-order valence-electron chi connectivity index (χ4n) is 3.53. The van der Waals surface area contributed by atoms with Gasteiger partial charge in [-0.05, 0) is 55.7 Å². The molecule has 150 valence electrons. The molecule has 2 N–H and O–H groups in total. The molecule has 1 fully saturated rings. The van der Waals surface area contributed by atoms with E-state index in [1.54, 1.807) is 6.20 Å². The highest BCUT2D eigenvalue weighted by molar-refractivity contribution is 6.01. The average Bonchev–Trinajstić information content (AvgIpc) is 3.52. The lowest BCUT2D eigenvalue weighted by Crippen LogP contribution is -2.28. The molecule has 0 aliphatic heterocycles. The van der Waals surface area contributed by atoms with E-state index in [4.69, 9.17) is 0 Å². The smallest absolute Gasteiger partial charge is 0.267 e. The van der Waals surface area contributed by atoms with Gasteiger partial charge in [0.1, 0.15) is 5.69 Å². The van der Waals surface area contributed by atoms with Gasteiger partial charge in [-0.25, -0.2) is 0 Å². The topological polar surface area (TPSA) is 76.0 Å². The van der Waals surface area contributed by atoms with Crippen molar-refractivity contribution in [1.29, 1.82) is 0 Å². The molecule has 0 radical (unpaired) electrons. The summed E-state index contributed by atoms with van der Waals surface area (Å²) in [6, 6.07) is 13.5. The Morgan fingerprint density at radius 1 is 1.17 bits per heavy atom. The van der Waals surface area contributed by atoms with E-state index in [9.17, 15) is 9.59 Å². The Balaban J connectivity index is 1.51. The minimum Gasteiger partial charge on any atom is -0.350 e. The number of fused-ring (bicyclic) bond motifs is 1. The van der Waals surface area contributed by atoms with E-state index in [1.165, 1.54) is 0 Å². The molecule has 1 aromatic carbocycles. The van der Waals surface area contributed by atoms with Gasteiger partial charge in [-0.3, -0.25) is 14.6 Å². The van der Waals surface area contributed by atoms with Gasteiger partial charge in [0.2, 0.25) is 5.91 Å². The molecule has 0 bridgehead atoms. The number of aromatic nitrogens is 2. The van der Waals surface area contributed by atoms with E-state index >= 15 is 0 Å². The van der Waals surface area contributed by atoms with Crippen LogP contribution in [0.3, 0.4) is 0 Å². The third kappa shape index (κ3) is 4.47. The minimum absolute atomic E-state index is 0.0878. The third-order valence-electron chi connectivity index (χ3n) is 5.19. The first-order valence-electron chi connectivity index (χ1n) is 10.3. The lowest BCUT2D eigenvalue weighted by molar-refractivity contribution is -0.117. The lowest BCUT2D eigenvalue weighted by Gasteiger charge is -2.10. The second-order valence-corrected chi connectivity index (χ2v) is 7.55. The van der Waals surface area contributed by atoms with Crippen LogP contribution in [0.1, 0.15) is 42.4 Å². The maximum atomic E-state index is 12.8. The van der Waals surface area contributed by atoms with Crippen LogP contribution in [0.2, 0.25) is 0 Å². The number of carbonyl (C=O) groups is 2. The Labute approximate surface area is 170 Å². The Kier molecular flexibility index (Phi) is 5.60. The summed E-state index contributed by atoms with van der Waals surface area (Å²) in [7, 11) is 0. The van der Waals surface area contributed by atoms with Crippen molar-refractivity contribution in [1.82, 2.24) is 14.9 Å². The number of pyridine rings is 1. The first-order chi connectivity index (χ1) is 14.2. The van der Waals surface area contributed by atoms with Crippen LogP contribution >= 0.6 is 0 Å². The van der Waals surface area contributed by atoms with Crippen molar-refractivity contribution >= 4 is 28.4 Å². The molecule has 0 atom stereocenters. The number of nitrogens with zero attached hydrogens (tertiary/aromatic N) is 2. The van der Waals surface area contributed by atoms with Crippen molar-refractivity contribution in [2.24, 2.45) is 5.92 Å². The Morgan fingerprint density at radius 2 is 2.03 bits per heavy atom. The Morgan fingerprint density at radius 3 is 2.76 bits per heavy atom. The highest BCUT2D eigenvalue weighted by Crippen LogP contribution is 2.31. The molecule has 0 spiro atoms. The van der Waals surface area contributed by atoms with Crippen LogP contribution in [-0.4, -0.2) is 27.9 Å². The van der Waals surface area contributed by atoms with Gasteiger partial charge in [0.15, 0.2) is 0 Å². The second-order valence-electron chi connectivity index (χ2n) is 7.55. The van der Waals surface area contributed by atoms with E-state index in [-0.39, 0.29) is 17.7 Å². The minimum atomic E-state index is -0.0888. The van der Waals surface area contributed by atoms with E-state index in [0.717, 1.165) is 48.1 Å². The molecule has 6 heteroatoms. The van der Waals surface area contributed by atoms with Crippen molar-refractivity contribution in [2.45, 2.75) is 39.2 Å². The molecule has 29 heavy (non-hydrogen) atoms. The van der Waals surface area contributed by atoms with Gasteiger partial charge < -0.3 is 15.2 Å². The summed E-state index contributed by atoms with van der Waals surface area (Å²) < 4.78 is 2.05. The van der Waals surface area contributed by atoms with Gasteiger partial charge in [0.05, 0.1) is 0 Å². The zero-order valence-corrected chi connectivity index (χ0v) is 16.6. The molecule has 2 aromatic heterocycles. The fourth-order valence-corrected chi connectivity index (χ4v) is 3.53. The van der Waals surface area contributed by atoms with Gasteiger partial charge in [0, 0.05) is 53.9 Å². The molecule has 1 saturated carbocycles. The number of hydrogen-bond acceptors (Lipinski definition) is 3. The maximum absolute atomic E-state index is 12.8. The fraction of sp³-hybridized carbons (Fsp3) is 0.348. The standard InChI is InChI=1S/C23H26N4O2/c1-2-13-27-20-9-8-19(26-22(28)16-6-7-16)14-17(20)15-21(27)23(29)25-12-10-18-5-3-4-11-24-18/h3-5,8-9,11,14-16H,2,6-7,10,12-13H2,1H3,(H,25,29)(H,26,28). The molecule has 0 unspecified atom stereocenters. The first-order valence-corrected chi connectivity index (χ1v) is 10.3. The number of hydrogen-bond donors (Lipinski definition) is 2. The van der Waals surface area contributed by atoms with Crippen molar-refractivity contribution < 1.29 is 9.59 Å². The van der Waals surface area contributed by atoms with Crippen molar-refractivity contribution in [2.75, 3.05) is 11.9 Å². The summed E-state index contributed by atoms with van der Waals surface area (Å²) in [6.07, 6.45) is 5.33. The predicted molar refractivity (Wildman–Crippen MR) is 114 cm³/mol. The summed E-state index contributed by atoms with van der Waals surface area (Å²) in [5, 5.41) is 6.95. The number of rotatable bonds is 8. The largest absolute Gasteiger partial charge is 0.350 e. The molecular weight excluding hydrogens is 364 g/mol. The number of carbonyl (C=O) groups excluding carboxylic acids is 2. The SMILES string of the molecule is CCCn1c(C(=O)NCCc2ccccn2)cc2cc(NC(=O)C3CC3)ccc21. The normalized spacial score (nSPS) is 13.4. The summed E-state index contributed by atoms with van der Waals surface area (Å²) in [6.45, 7) is 3.39. The quantitative estimate of drug-likeness (QED) is 0.615. The van der Waals surface area contributed by atoms with Gasteiger partial charge in [0.25, 0.3) is 5.91 Å². The zero-order chi connectivity index (χ0) is 20.2. The molecule has 3 aromatic rings.